The van der Waals surface area contributed by atoms with E-state index in [1.165, 1.54) is 17.1 Å². The number of nitro groups is 1. The zero-order chi connectivity index (χ0) is 20.0. The van der Waals surface area contributed by atoms with Gasteiger partial charge in [-0.05, 0) is 30.3 Å². The molecule has 10 heteroatoms. The number of hydrazine groups is 1. The maximum atomic E-state index is 12.7. The Morgan fingerprint density at radius 1 is 1.41 bits per heavy atom. The van der Waals surface area contributed by atoms with Crippen LogP contribution in [-0.4, -0.2) is 60.8 Å². The second kappa shape index (κ2) is 9.47. The lowest BCUT2D eigenvalue weighted by atomic mass is 10.1. The highest BCUT2D eigenvalue weighted by atomic mass is 32.1. The van der Waals surface area contributed by atoms with Crippen molar-refractivity contribution in [1.82, 2.24) is 15.8 Å². The van der Waals surface area contributed by atoms with Crippen LogP contribution < -0.4 is 15.6 Å². The van der Waals surface area contributed by atoms with E-state index in [0.29, 0.717) is 43.9 Å². The third-order valence-electron chi connectivity index (χ3n) is 4.03. The van der Waals surface area contributed by atoms with Crippen LogP contribution in [0.15, 0.2) is 18.2 Å². The van der Waals surface area contributed by atoms with E-state index in [1.807, 2.05) is 18.7 Å². The van der Waals surface area contributed by atoms with Gasteiger partial charge in [0.1, 0.15) is 5.56 Å². The molecule has 0 saturated carbocycles. The lowest BCUT2D eigenvalue weighted by Gasteiger charge is -2.29. The molecule has 0 spiro atoms. The van der Waals surface area contributed by atoms with Crippen LogP contribution in [0.3, 0.4) is 0 Å². The van der Waals surface area contributed by atoms with Gasteiger partial charge in [0.05, 0.1) is 18.1 Å². The second-order valence-corrected chi connectivity index (χ2v) is 7.02. The molecule has 27 heavy (non-hydrogen) atoms. The van der Waals surface area contributed by atoms with Crippen molar-refractivity contribution >= 4 is 34.6 Å². The van der Waals surface area contributed by atoms with E-state index in [1.54, 1.807) is 13.1 Å². The average Bonchev–Trinajstić information content (AvgIpc) is 2.66. The average molecular weight is 395 g/mol. The van der Waals surface area contributed by atoms with Crippen LogP contribution in [0, 0.1) is 16.0 Å². The Kier molecular flexibility index (Phi) is 7.31. The van der Waals surface area contributed by atoms with Gasteiger partial charge in [0.25, 0.3) is 11.6 Å². The van der Waals surface area contributed by atoms with Gasteiger partial charge < -0.3 is 15.0 Å². The maximum Gasteiger partial charge on any atom is 0.282 e. The summed E-state index contributed by atoms with van der Waals surface area (Å²) in [6.45, 7) is 7.23. The summed E-state index contributed by atoms with van der Waals surface area (Å²) in [6.07, 6.45) is 0. The fourth-order valence-corrected chi connectivity index (χ4v) is 2.69. The number of morpholine rings is 1. The standard InChI is InChI=1S/C17H25N5O4S/c1-12(2)11-18-17(27)20(3)19-16(23)14-10-13(4-5-15(14)22(24)25)21-6-8-26-9-7-21/h4-5,10,12H,6-9,11H2,1-3H3,(H,18,27)(H,19,23). The lowest BCUT2D eigenvalue weighted by Crippen LogP contribution is -2.48. The van der Waals surface area contributed by atoms with Gasteiger partial charge in [-0.2, -0.15) is 0 Å². The molecule has 0 aliphatic carbocycles. The molecule has 0 unspecified atom stereocenters. The summed E-state index contributed by atoms with van der Waals surface area (Å²) in [7, 11) is 1.59. The molecular formula is C17H25N5O4S. The molecule has 0 atom stereocenters. The fraction of sp³-hybridized carbons (Fsp3) is 0.529. The molecular weight excluding hydrogens is 370 g/mol. The van der Waals surface area contributed by atoms with Crippen LogP contribution >= 0.6 is 12.2 Å². The van der Waals surface area contributed by atoms with Crippen LogP contribution in [0.2, 0.25) is 0 Å². The molecule has 9 nitrogen and oxygen atoms in total. The van der Waals surface area contributed by atoms with Gasteiger partial charge in [0.15, 0.2) is 5.11 Å². The van der Waals surface area contributed by atoms with Crippen molar-refractivity contribution < 1.29 is 14.5 Å². The number of rotatable bonds is 5. The van der Waals surface area contributed by atoms with Crippen LogP contribution in [0.4, 0.5) is 11.4 Å². The lowest BCUT2D eigenvalue weighted by molar-refractivity contribution is -0.385. The topological polar surface area (TPSA) is 100.0 Å². The summed E-state index contributed by atoms with van der Waals surface area (Å²) >= 11 is 5.22. The van der Waals surface area contributed by atoms with Crippen molar-refractivity contribution in [3.63, 3.8) is 0 Å². The highest BCUT2D eigenvalue weighted by Crippen LogP contribution is 2.25. The summed E-state index contributed by atoms with van der Waals surface area (Å²) < 4.78 is 5.32. The minimum absolute atomic E-state index is 0.0116. The SMILES string of the molecule is CC(C)CNC(=S)N(C)NC(=O)c1cc(N2CCOCC2)ccc1[N+](=O)[O-]. The number of nitrogens with zero attached hydrogens (tertiary/aromatic N) is 3. The molecule has 2 rings (SSSR count). The van der Waals surface area contributed by atoms with Gasteiger partial charge >= 0.3 is 0 Å². The van der Waals surface area contributed by atoms with Crippen LogP contribution in [0.25, 0.3) is 0 Å². The van der Waals surface area contributed by atoms with E-state index in [0.717, 1.165) is 5.69 Å². The Labute approximate surface area is 163 Å². The maximum absolute atomic E-state index is 12.7. The molecule has 1 aliphatic rings. The van der Waals surface area contributed by atoms with Gasteiger partial charge in [-0.3, -0.25) is 25.3 Å². The largest absolute Gasteiger partial charge is 0.378 e. The number of carbonyl (C=O) groups is 1. The minimum Gasteiger partial charge on any atom is -0.378 e. The van der Waals surface area contributed by atoms with E-state index >= 15 is 0 Å². The van der Waals surface area contributed by atoms with E-state index < -0.39 is 10.8 Å². The smallest absolute Gasteiger partial charge is 0.282 e. The molecule has 2 N–H and O–H groups in total. The van der Waals surface area contributed by atoms with Crippen LogP contribution in [0.1, 0.15) is 24.2 Å². The van der Waals surface area contributed by atoms with Crippen molar-refractivity contribution in [2.24, 2.45) is 5.92 Å². The number of carbonyl (C=O) groups excluding carboxylic acids is 1. The number of hydrogen-bond donors (Lipinski definition) is 2. The van der Waals surface area contributed by atoms with Crippen molar-refractivity contribution in [1.29, 1.82) is 0 Å². The highest BCUT2D eigenvalue weighted by Gasteiger charge is 2.24. The third kappa shape index (κ3) is 5.76. The Bertz CT molecular complexity index is 707. The van der Waals surface area contributed by atoms with E-state index in [-0.39, 0.29) is 11.3 Å². The monoisotopic (exact) mass is 395 g/mol. The minimum atomic E-state index is -0.590. The molecule has 1 aromatic rings. The number of benzene rings is 1. The fourth-order valence-electron chi connectivity index (χ4n) is 2.56. The van der Waals surface area contributed by atoms with E-state index in [4.69, 9.17) is 17.0 Å². The van der Waals surface area contributed by atoms with Gasteiger partial charge in [-0.15, -0.1) is 0 Å². The first kappa shape index (κ1) is 20.8. The highest BCUT2D eigenvalue weighted by molar-refractivity contribution is 7.80. The van der Waals surface area contributed by atoms with Crippen LogP contribution in [-0.2, 0) is 4.74 Å². The summed E-state index contributed by atoms with van der Waals surface area (Å²) in [6, 6.07) is 4.55. The second-order valence-electron chi connectivity index (χ2n) is 6.64. The van der Waals surface area contributed by atoms with Crippen molar-refractivity contribution in [3.05, 3.63) is 33.9 Å². The number of thiocarbonyl (C=S) groups is 1. The first-order valence-corrected chi connectivity index (χ1v) is 9.14. The summed E-state index contributed by atoms with van der Waals surface area (Å²) in [5, 5.41) is 16.1. The Balaban J connectivity index is 2.16. The molecule has 1 fully saturated rings. The molecule has 1 aliphatic heterocycles. The van der Waals surface area contributed by atoms with Crippen LogP contribution in [0.5, 0.6) is 0 Å². The number of nitro benzene ring substituents is 1. The summed E-state index contributed by atoms with van der Waals surface area (Å²) in [5.74, 6) is -0.202. The number of amides is 1. The zero-order valence-electron chi connectivity index (χ0n) is 15.7. The van der Waals surface area contributed by atoms with Gasteiger partial charge in [0.2, 0.25) is 0 Å². The first-order valence-electron chi connectivity index (χ1n) is 8.73. The first-order chi connectivity index (χ1) is 12.8. The molecule has 1 heterocycles. The van der Waals surface area contributed by atoms with E-state index in [2.05, 4.69) is 10.7 Å². The van der Waals surface area contributed by atoms with E-state index in [9.17, 15) is 14.9 Å². The Morgan fingerprint density at radius 2 is 2.07 bits per heavy atom. The van der Waals surface area contributed by atoms with Gasteiger partial charge in [-0.1, -0.05) is 13.8 Å². The predicted molar refractivity (Wildman–Crippen MR) is 107 cm³/mol. The molecule has 1 aromatic carbocycles. The molecule has 1 amide bonds. The molecule has 148 valence electrons. The quantitative estimate of drug-likeness (QED) is 0.440. The molecule has 0 aromatic heterocycles. The number of anilines is 1. The number of hydrogen-bond acceptors (Lipinski definition) is 6. The number of ether oxygens (including phenoxy) is 1. The molecule has 0 radical (unpaired) electrons. The van der Waals surface area contributed by atoms with Crippen molar-refractivity contribution in [2.45, 2.75) is 13.8 Å². The Hall–Kier alpha value is -2.46. The van der Waals surface area contributed by atoms with Gasteiger partial charge in [-0.25, -0.2) is 0 Å². The number of nitrogens with one attached hydrogen (secondary N) is 2. The summed E-state index contributed by atoms with van der Waals surface area (Å²) in [5.41, 5.74) is 3.07. The zero-order valence-corrected chi connectivity index (χ0v) is 16.5. The third-order valence-corrected chi connectivity index (χ3v) is 4.45. The van der Waals surface area contributed by atoms with Crippen molar-refractivity contribution in [2.75, 3.05) is 44.8 Å². The summed E-state index contributed by atoms with van der Waals surface area (Å²) in [4.78, 5) is 25.5. The van der Waals surface area contributed by atoms with Crippen molar-refractivity contribution in [3.8, 4) is 0 Å². The normalized spacial score (nSPS) is 14.0. The predicted octanol–water partition coefficient (Wildman–Crippen LogP) is 1.54. The molecule has 0 bridgehead atoms. The Morgan fingerprint density at radius 3 is 2.67 bits per heavy atom. The van der Waals surface area contributed by atoms with Gasteiger partial charge in [0, 0.05) is 38.4 Å². The molecule has 1 saturated heterocycles.